The molecular weight excluding hydrogens is 246 g/mol. The summed E-state index contributed by atoms with van der Waals surface area (Å²) in [6.07, 6.45) is 8.41. The Kier molecular flexibility index (Phi) is 6.31. The van der Waals surface area contributed by atoms with Crippen LogP contribution in [0.1, 0.15) is 52.4 Å². The molecule has 0 aromatic carbocycles. The van der Waals surface area contributed by atoms with Gasteiger partial charge in [-0.15, -0.1) is 0 Å². The highest BCUT2D eigenvalue weighted by Crippen LogP contribution is 2.30. The van der Waals surface area contributed by atoms with Crippen molar-refractivity contribution in [2.75, 3.05) is 27.2 Å². The molecule has 0 radical (unpaired) electrons. The number of likely N-dealkylation sites (N-methyl/N-ethyl adjacent to an activating group) is 1. The van der Waals surface area contributed by atoms with Crippen LogP contribution < -0.4 is 10.6 Å². The van der Waals surface area contributed by atoms with E-state index in [-0.39, 0.29) is 0 Å². The zero-order valence-corrected chi connectivity index (χ0v) is 14.0. The van der Waals surface area contributed by atoms with Gasteiger partial charge in [-0.2, -0.15) is 0 Å². The van der Waals surface area contributed by atoms with Crippen molar-refractivity contribution in [1.29, 1.82) is 0 Å². The van der Waals surface area contributed by atoms with Crippen molar-refractivity contribution in [1.82, 2.24) is 15.5 Å². The van der Waals surface area contributed by atoms with E-state index in [1.165, 1.54) is 45.1 Å². The molecule has 2 fully saturated rings. The predicted octanol–water partition coefficient (Wildman–Crippen LogP) is 2.47. The topological polar surface area (TPSA) is 27.3 Å². The minimum Gasteiger partial charge on any atom is -0.314 e. The molecule has 0 amide bonds. The van der Waals surface area contributed by atoms with Crippen molar-refractivity contribution in [3.63, 3.8) is 0 Å². The first-order valence-electron chi connectivity index (χ1n) is 8.72. The van der Waals surface area contributed by atoms with Crippen molar-refractivity contribution in [3.05, 3.63) is 0 Å². The third-order valence-electron chi connectivity index (χ3n) is 5.46. The third-order valence-corrected chi connectivity index (χ3v) is 5.46. The molecule has 1 saturated heterocycles. The molecule has 1 saturated carbocycles. The van der Waals surface area contributed by atoms with Crippen LogP contribution in [0.25, 0.3) is 0 Å². The van der Waals surface area contributed by atoms with Gasteiger partial charge in [0, 0.05) is 24.7 Å². The lowest BCUT2D eigenvalue weighted by molar-refractivity contribution is 0.176. The van der Waals surface area contributed by atoms with Gasteiger partial charge < -0.3 is 15.5 Å². The van der Waals surface area contributed by atoms with Crippen LogP contribution in [0.15, 0.2) is 0 Å². The zero-order valence-electron chi connectivity index (χ0n) is 14.0. The van der Waals surface area contributed by atoms with Crippen LogP contribution in [-0.2, 0) is 0 Å². The minimum atomic E-state index is 0.647. The lowest BCUT2D eigenvalue weighted by Gasteiger charge is -2.38. The molecule has 4 atom stereocenters. The third kappa shape index (κ3) is 4.19. The number of nitrogens with one attached hydrogen (secondary N) is 2. The molecule has 1 aliphatic carbocycles. The van der Waals surface area contributed by atoms with Gasteiger partial charge in [-0.05, 0) is 58.2 Å². The molecule has 1 aliphatic heterocycles. The van der Waals surface area contributed by atoms with Crippen molar-refractivity contribution < 1.29 is 0 Å². The first-order valence-corrected chi connectivity index (χ1v) is 8.72. The molecule has 0 bridgehead atoms. The van der Waals surface area contributed by atoms with E-state index in [1.54, 1.807) is 0 Å². The van der Waals surface area contributed by atoms with Gasteiger partial charge in [0.05, 0.1) is 0 Å². The van der Waals surface area contributed by atoms with Crippen LogP contribution in [0.5, 0.6) is 0 Å². The second kappa shape index (κ2) is 7.77. The van der Waals surface area contributed by atoms with E-state index < -0.39 is 0 Å². The summed E-state index contributed by atoms with van der Waals surface area (Å²) in [4.78, 5) is 2.38. The molecule has 2 rings (SSSR count). The van der Waals surface area contributed by atoms with Gasteiger partial charge in [-0.1, -0.05) is 26.7 Å². The number of hydrogen-bond donors (Lipinski definition) is 2. The van der Waals surface area contributed by atoms with E-state index in [0.29, 0.717) is 12.0 Å². The normalized spacial score (nSPS) is 33.0. The number of nitrogens with zero attached hydrogens (tertiary/aromatic N) is 1. The Balaban J connectivity index is 1.88. The van der Waals surface area contributed by atoms with Gasteiger partial charge >= 0.3 is 0 Å². The Hall–Kier alpha value is -0.120. The van der Waals surface area contributed by atoms with Gasteiger partial charge in [-0.25, -0.2) is 0 Å². The van der Waals surface area contributed by atoms with Gasteiger partial charge in [-0.3, -0.25) is 0 Å². The highest BCUT2D eigenvalue weighted by Gasteiger charge is 2.33. The largest absolute Gasteiger partial charge is 0.314 e. The average Bonchev–Trinajstić information content (AvgIpc) is 2.92. The Morgan fingerprint density at radius 1 is 1.10 bits per heavy atom. The predicted molar refractivity (Wildman–Crippen MR) is 87.1 cm³/mol. The SMILES string of the molecule is CC(C)C(CNC1CCCCC1C1CCCN1)N(C)C. The standard InChI is InChI=1S/C17H35N3/c1-13(2)17(20(3)4)12-19-16-9-6-5-8-14(16)15-10-7-11-18-15/h13-19H,5-12H2,1-4H3. The van der Waals surface area contributed by atoms with E-state index >= 15 is 0 Å². The lowest BCUT2D eigenvalue weighted by Crippen LogP contribution is -2.51. The summed E-state index contributed by atoms with van der Waals surface area (Å²) in [6, 6.07) is 2.17. The van der Waals surface area contributed by atoms with Gasteiger partial charge in [0.1, 0.15) is 0 Å². The molecule has 2 aliphatic rings. The van der Waals surface area contributed by atoms with Crippen LogP contribution in [-0.4, -0.2) is 50.2 Å². The van der Waals surface area contributed by atoms with E-state index in [4.69, 9.17) is 0 Å². The Morgan fingerprint density at radius 3 is 2.45 bits per heavy atom. The van der Waals surface area contributed by atoms with Crippen molar-refractivity contribution in [3.8, 4) is 0 Å². The van der Waals surface area contributed by atoms with Crippen LogP contribution in [0.4, 0.5) is 0 Å². The summed E-state index contributed by atoms with van der Waals surface area (Å²) in [5.41, 5.74) is 0. The van der Waals surface area contributed by atoms with E-state index in [1.807, 2.05) is 0 Å². The number of rotatable bonds is 6. The summed E-state index contributed by atoms with van der Waals surface area (Å²) in [6.45, 7) is 7.05. The van der Waals surface area contributed by atoms with Crippen molar-refractivity contribution in [2.24, 2.45) is 11.8 Å². The molecule has 20 heavy (non-hydrogen) atoms. The fourth-order valence-electron chi connectivity index (χ4n) is 4.26. The Labute approximate surface area is 125 Å². The summed E-state index contributed by atoms with van der Waals surface area (Å²) < 4.78 is 0. The maximum absolute atomic E-state index is 3.93. The Bertz CT molecular complexity index is 263. The maximum atomic E-state index is 3.93. The van der Waals surface area contributed by atoms with Crippen molar-refractivity contribution >= 4 is 0 Å². The van der Waals surface area contributed by atoms with Crippen LogP contribution in [0.2, 0.25) is 0 Å². The van der Waals surface area contributed by atoms with Crippen LogP contribution in [0.3, 0.4) is 0 Å². The van der Waals surface area contributed by atoms with Gasteiger partial charge in [0.25, 0.3) is 0 Å². The molecule has 1 heterocycles. The summed E-state index contributed by atoms with van der Waals surface area (Å²) in [5.74, 6) is 1.57. The lowest BCUT2D eigenvalue weighted by atomic mass is 9.79. The first-order chi connectivity index (χ1) is 9.59. The fraction of sp³-hybridized carbons (Fsp3) is 1.00. The summed E-state index contributed by atoms with van der Waals surface area (Å²) in [7, 11) is 4.42. The van der Waals surface area contributed by atoms with E-state index in [0.717, 1.165) is 24.5 Å². The molecule has 3 heteroatoms. The molecule has 3 nitrogen and oxygen atoms in total. The minimum absolute atomic E-state index is 0.647. The molecule has 2 N–H and O–H groups in total. The van der Waals surface area contributed by atoms with E-state index in [9.17, 15) is 0 Å². The second-order valence-corrected chi connectivity index (χ2v) is 7.44. The number of hydrogen-bond acceptors (Lipinski definition) is 3. The highest BCUT2D eigenvalue weighted by molar-refractivity contribution is 4.92. The smallest absolute Gasteiger partial charge is 0.0237 e. The average molecular weight is 281 g/mol. The van der Waals surface area contributed by atoms with Crippen LogP contribution >= 0.6 is 0 Å². The van der Waals surface area contributed by atoms with Gasteiger partial charge in [0.2, 0.25) is 0 Å². The van der Waals surface area contributed by atoms with Crippen molar-refractivity contribution in [2.45, 2.75) is 70.5 Å². The Morgan fingerprint density at radius 2 is 1.85 bits per heavy atom. The molecule has 0 spiro atoms. The highest BCUT2D eigenvalue weighted by atomic mass is 15.1. The monoisotopic (exact) mass is 281 g/mol. The quantitative estimate of drug-likeness (QED) is 0.783. The van der Waals surface area contributed by atoms with E-state index in [2.05, 4.69) is 43.5 Å². The molecule has 0 aromatic heterocycles. The summed E-state index contributed by atoms with van der Waals surface area (Å²) in [5, 5.41) is 7.67. The molecule has 118 valence electrons. The molecule has 4 unspecified atom stereocenters. The van der Waals surface area contributed by atoms with Gasteiger partial charge in [0.15, 0.2) is 0 Å². The molecule has 0 aromatic rings. The maximum Gasteiger partial charge on any atom is 0.0237 e. The summed E-state index contributed by atoms with van der Waals surface area (Å²) >= 11 is 0. The fourth-order valence-corrected chi connectivity index (χ4v) is 4.26. The molecular formula is C17H35N3. The van der Waals surface area contributed by atoms with Crippen LogP contribution in [0, 0.1) is 11.8 Å². The second-order valence-electron chi connectivity index (χ2n) is 7.44. The zero-order chi connectivity index (χ0) is 14.5. The first kappa shape index (κ1) is 16.3.